The van der Waals surface area contributed by atoms with Gasteiger partial charge in [-0.2, -0.15) is 0 Å². The van der Waals surface area contributed by atoms with Gasteiger partial charge in [-0.3, -0.25) is 9.59 Å². The van der Waals surface area contributed by atoms with Crippen LogP contribution in [-0.4, -0.2) is 18.4 Å². The standard InChI is InChI=1S/C20H21ClN2O3/c1-2-3-7-19(24)22-16-8-9-18-17(11-16)23(20(25)13-26-18)12-14-5-4-6-15(21)10-14/h4-6,8-11H,2-3,7,12-13H2,1H3,(H,22,24). The lowest BCUT2D eigenvalue weighted by atomic mass is 10.1. The van der Waals surface area contributed by atoms with E-state index >= 15 is 0 Å². The summed E-state index contributed by atoms with van der Waals surface area (Å²) in [6.07, 6.45) is 2.29. The first-order valence-electron chi connectivity index (χ1n) is 8.68. The molecule has 0 aromatic heterocycles. The SMILES string of the molecule is CCCCC(=O)Nc1ccc2c(c1)N(Cc1cccc(Cl)c1)C(=O)CO2. The molecule has 0 unspecified atom stereocenters. The lowest BCUT2D eigenvalue weighted by Gasteiger charge is -2.30. The number of nitrogens with one attached hydrogen (secondary N) is 1. The number of unbranched alkanes of at least 4 members (excludes halogenated alkanes) is 1. The molecule has 0 radical (unpaired) electrons. The number of nitrogens with zero attached hydrogens (tertiary/aromatic N) is 1. The summed E-state index contributed by atoms with van der Waals surface area (Å²) in [7, 11) is 0. The Morgan fingerprint density at radius 1 is 1.27 bits per heavy atom. The maximum absolute atomic E-state index is 12.4. The fraction of sp³-hybridized carbons (Fsp3) is 0.300. The van der Waals surface area contributed by atoms with Gasteiger partial charge in [0.1, 0.15) is 5.75 Å². The number of hydrogen-bond donors (Lipinski definition) is 1. The zero-order chi connectivity index (χ0) is 18.5. The minimum Gasteiger partial charge on any atom is -0.482 e. The molecule has 5 nitrogen and oxygen atoms in total. The quantitative estimate of drug-likeness (QED) is 0.817. The van der Waals surface area contributed by atoms with Crippen LogP contribution in [0.2, 0.25) is 5.02 Å². The average Bonchev–Trinajstić information content (AvgIpc) is 2.62. The zero-order valence-electron chi connectivity index (χ0n) is 14.6. The maximum atomic E-state index is 12.4. The van der Waals surface area contributed by atoms with Gasteiger partial charge in [0.15, 0.2) is 6.61 Å². The molecule has 3 rings (SSSR count). The van der Waals surface area contributed by atoms with Crippen molar-refractivity contribution in [2.24, 2.45) is 0 Å². The zero-order valence-corrected chi connectivity index (χ0v) is 15.4. The Hall–Kier alpha value is -2.53. The summed E-state index contributed by atoms with van der Waals surface area (Å²) in [5.74, 6) is 0.460. The van der Waals surface area contributed by atoms with Gasteiger partial charge in [-0.15, -0.1) is 0 Å². The third-order valence-electron chi connectivity index (χ3n) is 4.17. The Morgan fingerprint density at radius 2 is 2.12 bits per heavy atom. The smallest absolute Gasteiger partial charge is 0.265 e. The van der Waals surface area contributed by atoms with E-state index in [4.69, 9.17) is 16.3 Å². The summed E-state index contributed by atoms with van der Waals surface area (Å²) in [4.78, 5) is 26.0. The number of rotatable bonds is 6. The number of amides is 2. The molecule has 0 aliphatic carbocycles. The van der Waals surface area contributed by atoms with Gasteiger partial charge >= 0.3 is 0 Å². The number of halogens is 1. The highest BCUT2D eigenvalue weighted by atomic mass is 35.5. The third kappa shape index (κ3) is 4.35. The minimum absolute atomic E-state index is 0.00419. The third-order valence-corrected chi connectivity index (χ3v) is 4.41. The molecule has 0 spiro atoms. The predicted molar refractivity (Wildman–Crippen MR) is 103 cm³/mol. The highest BCUT2D eigenvalue weighted by molar-refractivity contribution is 6.30. The van der Waals surface area contributed by atoms with E-state index in [1.54, 1.807) is 29.2 Å². The number of ether oxygens (including phenoxy) is 1. The molecule has 2 aromatic carbocycles. The second-order valence-corrected chi connectivity index (χ2v) is 6.67. The fourth-order valence-corrected chi connectivity index (χ4v) is 3.04. The van der Waals surface area contributed by atoms with Gasteiger partial charge in [0.2, 0.25) is 5.91 Å². The summed E-state index contributed by atoms with van der Waals surface area (Å²) in [6.45, 7) is 2.43. The Morgan fingerprint density at radius 3 is 2.88 bits per heavy atom. The van der Waals surface area contributed by atoms with Crippen LogP contribution in [0.25, 0.3) is 0 Å². The minimum atomic E-state index is -0.132. The van der Waals surface area contributed by atoms with Gasteiger partial charge in [-0.05, 0) is 42.3 Å². The van der Waals surface area contributed by atoms with Crippen LogP contribution in [0.1, 0.15) is 31.7 Å². The number of carbonyl (C=O) groups is 2. The predicted octanol–water partition coefficient (Wildman–Crippen LogP) is 4.39. The van der Waals surface area contributed by atoms with E-state index in [9.17, 15) is 9.59 Å². The maximum Gasteiger partial charge on any atom is 0.265 e. The first-order valence-corrected chi connectivity index (χ1v) is 9.06. The summed E-state index contributed by atoms with van der Waals surface area (Å²) in [5, 5.41) is 3.51. The van der Waals surface area contributed by atoms with Gasteiger partial charge in [-0.1, -0.05) is 37.1 Å². The molecule has 0 saturated heterocycles. The van der Waals surface area contributed by atoms with Crippen molar-refractivity contribution in [1.29, 1.82) is 0 Å². The van der Waals surface area contributed by atoms with Crippen molar-refractivity contribution in [2.45, 2.75) is 32.7 Å². The molecule has 2 aromatic rings. The van der Waals surface area contributed by atoms with Gasteiger partial charge in [0, 0.05) is 17.1 Å². The van der Waals surface area contributed by atoms with Crippen molar-refractivity contribution in [2.75, 3.05) is 16.8 Å². The van der Waals surface area contributed by atoms with Crippen LogP contribution in [-0.2, 0) is 16.1 Å². The molecule has 1 heterocycles. The number of fused-ring (bicyclic) bond motifs is 1. The van der Waals surface area contributed by atoms with Crippen molar-refractivity contribution >= 4 is 34.8 Å². The molecule has 1 aliphatic heterocycles. The highest BCUT2D eigenvalue weighted by Gasteiger charge is 2.26. The van der Waals surface area contributed by atoms with Crippen molar-refractivity contribution in [3.05, 3.63) is 53.1 Å². The Labute approximate surface area is 157 Å². The van der Waals surface area contributed by atoms with E-state index in [2.05, 4.69) is 5.32 Å². The van der Waals surface area contributed by atoms with Crippen molar-refractivity contribution < 1.29 is 14.3 Å². The molecule has 2 amide bonds. The van der Waals surface area contributed by atoms with Crippen molar-refractivity contribution in [1.82, 2.24) is 0 Å². The fourth-order valence-electron chi connectivity index (χ4n) is 2.83. The molecule has 0 saturated carbocycles. The monoisotopic (exact) mass is 372 g/mol. The number of carbonyl (C=O) groups excluding carboxylic acids is 2. The van der Waals surface area contributed by atoms with Gasteiger partial charge in [0.25, 0.3) is 5.91 Å². The second-order valence-electron chi connectivity index (χ2n) is 6.23. The van der Waals surface area contributed by atoms with Crippen LogP contribution < -0.4 is 15.0 Å². The van der Waals surface area contributed by atoms with E-state index in [1.807, 2.05) is 25.1 Å². The second kappa shape index (κ2) is 8.23. The number of anilines is 2. The number of hydrogen-bond acceptors (Lipinski definition) is 3. The summed E-state index contributed by atoms with van der Waals surface area (Å²) >= 11 is 6.05. The molecule has 1 aliphatic rings. The Bertz CT molecular complexity index is 822. The van der Waals surface area contributed by atoms with Crippen LogP contribution in [0.5, 0.6) is 5.75 Å². The normalized spacial score (nSPS) is 13.2. The van der Waals surface area contributed by atoms with E-state index in [-0.39, 0.29) is 18.4 Å². The van der Waals surface area contributed by atoms with Crippen molar-refractivity contribution in [3.63, 3.8) is 0 Å². The topological polar surface area (TPSA) is 58.6 Å². The van der Waals surface area contributed by atoms with E-state index in [0.29, 0.717) is 35.1 Å². The molecule has 0 fully saturated rings. The summed E-state index contributed by atoms with van der Waals surface area (Å²) < 4.78 is 5.52. The molecule has 6 heteroatoms. The Kier molecular flexibility index (Phi) is 5.78. The van der Waals surface area contributed by atoms with E-state index in [0.717, 1.165) is 18.4 Å². The van der Waals surface area contributed by atoms with Crippen molar-refractivity contribution in [3.8, 4) is 5.75 Å². The van der Waals surface area contributed by atoms with Gasteiger partial charge in [0.05, 0.1) is 12.2 Å². The summed E-state index contributed by atoms with van der Waals surface area (Å²) in [5.41, 5.74) is 2.23. The Balaban J connectivity index is 1.83. The van der Waals surface area contributed by atoms with E-state index in [1.165, 1.54) is 0 Å². The van der Waals surface area contributed by atoms with Crippen LogP contribution in [0.15, 0.2) is 42.5 Å². The molecule has 136 valence electrons. The van der Waals surface area contributed by atoms with E-state index < -0.39 is 0 Å². The molecule has 0 atom stereocenters. The number of benzene rings is 2. The highest BCUT2D eigenvalue weighted by Crippen LogP contribution is 2.35. The molecule has 26 heavy (non-hydrogen) atoms. The largest absolute Gasteiger partial charge is 0.482 e. The first kappa shape index (κ1) is 18.3. The molecular weight excluding hydrogens is 352 g/mol. The van der Waals surface area contributed by atoms with Gasteiger partial charge < -0.3 is 15.0 Å². The first-order chi connectivity index (χ1) is 12.6. The average molecular weight is 373 g/mol. The molecule has 1 N–H and O–H groups in total. The van der Waals surface area contributed by atoms with Gasteiger partial charge in [-0.25, -0.2) is 0 Å². The van der Waals surface area contributed by atoms with Crippen LogP contribution >= 0.6 is 11.6 Å². The van der Waals surface area contributed by atoms with Crippen LogP contribution in [0.3, 0.4) is 0 Å². The molecular formula is C20H21ClN2O3. The van der Waals surface area contributed by atoms with Crippen LogP contribution in [0.4, 0.5) is 11.4 Å². The van der Waals surface area contributed by atoms with Crippen LogP contribution in [0, 0.1) is 0 Å². The summed E-state index contributed by atoms with van der Waals surface area (Å²) in [6, 6.07) is 12.8. The molecule has 0 bridgehead atoms. The lowest BCUT2D eigenvalue weighted by Crippen LogP contribution is -2.38. The lowest BCUT2D eigenvalue weighted by molar-refractivity contribution is -0.121.